The molecule has 158 valence electrons. The Hall–Kier alpha value is -4.30. The van der Waals surface area contributed by atoms with Gasteiger partial charge in [0.05, 0.1) is 5.41 Å². The van der Waals surface area contributed by atoms with Gasteiger partial charge in [-0.2, -0.15) is 0 Å². The molecule has 6 rings (SSSR count). The van der Waals surface area contributed by atoms with Crippen molar-refractivity contribution in [2.75, 3.05) is 0 Å². The predicted octanol–water partition coefficient (Wildman–Crippen LogP) is 7.13. The summed E-state index contributed by atoms with van der Waals surface area (Å²) in [5, 5.41) is 22.4. The van der Waals surface area contributed by atoms with Crippen LogP contribution in [0.1, 0.15) is 22.3 Å². The molecule has 0 atom stereocenters. The molecule has 2 N–H and O–H groups in total. The van der Waals surface area contributed by atoms with Gasteiger partial charge in [0.1, 0.15) is 11.5 Å². The Labute approximate surface area is 193 Å². The zero-order chi connectivity index (χ0) is 22.4. The average molecular weight is 427 g/mol. The third-order valence-corrected chi connectivity index (χ3v) is 6.76. The summed E-state index contributed by atoms with van der Waals surface area (Å²) in [6.07, 6.45) is 0. The number of para-hydroxylation sites is 2. The molecule has 5 aromatic carbocycles. The predicted molar refractivity (Wildman–Crippen MR) is 133 cm³/mol. The second-order valence-electron chi connectivity index (χ2n) is 8.42. The minimum Gasteiger partial charge on any atom is -0.508 e. The molecule has 0 saturated heterocycles. The lowest BCUT2D eigenvalue weighted by Gasteiger charge is -2.36. The van der Waals surface area contributed by atoms with Gasteiger partial charge in [0.2, 0.25) is 0 Å². The number of benzene rings is 5. The van der Waals surface area contributed by atoms with E-state index >= 15 is 0 Å². The number of fused-ring (bicyclic) bond motifs is 3. The van der Waals surface area contributed by atoms with Crippen molar-refractivity contribution in [2.24, 2.45) is 0 Å². The van der Waals surface area contributed by atoms with Crippen molar-refractivity contribution in [3.8, 4) is 33.8 Å². The van der Waals surface area contributed by atoms with E-state index in [9.17, 15) is 10.2 Å². The number of hydrogen-bond donors (Lipinski definition) is 2. The lowest BCUT2D eigenvalue weighted by atomic mass is 9.65. The van der Waals surface area contributed by atoms with E-state index < -0.39 is 5.41 Å². The van der Waals surface area contributed by atoms with Crippen LogP contribution in [0.5, 0.6) is 11.5 Å². The summed E-state index contributed by atoms with van der Waals surface area (Å²) in [5.41, 5.74) is 7.13. The highest BCUT2D eigenvalue weighted by Crippen LogP contribution is 2.61. The van der Waals surface area contributed by atoms with Crippen molar-refractivity contribution in [3.63, 3.8) is 0 Å². The smallest absolute Gasteiger partial charge is 0.120 e. The normalized spacial score (nSPS) is 13.3. The maximum atomic E-state index is 11.2. The summed E-state index contributed by atoms with van der Waals surface area (Å²) in [4.78, 5) is 0. The Bertz CT molecular complexity index is 1440. The first-order chi connectivity index (χ1) is 16.2. The van der Waals surface area contributed by atoms with Crippen LogP contribution in [-0.2, 0) is 5.41 Å². The van der Waals surface area contributed by atoms with Gasteiger partial charge < -0.3 is 10.2 Å². The molecule has 0 saturated carbocycles. The molecule has 1 aliphatic rings. The van der Waals surface area contributed by atoms with Crippen LogP contribution in [0.3, 0.4) is 0 Å². The minimum atomic E-state index is -0.880. The number of aromatic hydroxyl groups is 2. The van der Waals surface area contributed by atoms with Crippen molar-refractivity contribution < 1.29 is 10.2 Å². The van der Waals surface area contributed by atoms with E-state index in [-0.39, 0.29) is 11.5 Å². The second-order valence-corrected chi connectivity index (χ2v) is 8.42. The molecule has 0 unspecified atom stereocenters. The molecule has 0 aliphatic heterocycles. The molecule has 0 aromatic heterocycles. The summed E-state index contributed by atoms with van der Waals surface area (Å²) >= 11 is 0. The first kappa shape index (κ1) is 19.4. The maximum absolute atomic E-state index is 11.2. The molecule has 2 nitrogen and oxygen atoms in total. The molecule has 0 fully saturated rings. The van der Waals surface area contributed by atoms with E-state index in [4.69, 9.17) is 0 Å². The Morgan fingerprint density at radius 1 is 0.394 bits per heavy atom. The van der Waals surface area contributed by atoms with Crippen molar-refractivity contribution >= 4 is 0 Å². The van der Waals surface area contributed by atoms with Gasteiger partial charge in [-0.1, -0.05) is 109 Å². The van der Waals surface area contributed by atoms with Crippen LogP contribution in [0, 0.1) is 0 Å². The third kappa shape index (κ3) is 2.68. The average Bonchev–Trinajstić information content (AvgIpc) is 3.16. The number of rotatable bonds is 3. The molecule has 2 heteroatoms. The summed E-state index contributed by atoms with van der Waals surface area (Å²) in [7, 11) is 0. The topological polar surface area (TPSA) is 40.5 Å². The lowest BCUT2D eigenvalue weighted by molar-refractivity contribution is 0.448. The summed E-state index contributed by atoms with van der Waals surface area (Å²) in [6, 6.07) is 39.9. The minimum absolute atomic E-state index is 0.200. The van der Waals surface area contributed by atoms with E-state index in [1.807, 2.05) is 66.7 Å². The van der Waals surface area contributed by atoms with Gasteiger partial charge >= 0.3 is 0 Å². The van der Waals surface area contributed by atoms with Crippen molar-refractivity contribution in [1.82, 2.24) is 0 Å². The quantitative estimate of drug-likeness (QED) is 0.316. The maximum Gasteiger partial charge on any atom is 0.120 e. The highest BCUT2D eigenvalue weighted by molar-refractivity contribution is 5.93. The van der Waals surface area contributed by atoms with Crippen molar-refractivity contribution in [1.29, 1.82) is 0 Å². The van der Waals surface area contributed by atoms with Crippen LogP contribution in [0.4, 0.5) is 0 Å². The van der Waals surface area contributed by atoms with E-state index in [0.29, 0.717) is 0 Å². The highest BCUT2D eigenvalue weighted by Gasteiger charge is 2.50. The molecule has 0 heterocycles. The SMILES string of the molecule is Oc1ccccc1C1(c2ccccc2O)c2ccccc2-c2cccc(-c3ccccc3)c21. The third-order valence-electron chi connectivity index (χ3n) is 6.76. The first-order valence-corrected chi connectivity index (χ1v) is 11.1. The molecular formula is C31H22O2. The Morgan fingerprint density at radius 3 is 1.52 bits per heavy atom. The molecular weight excluding hydrogens is 404 g/mol. The van der Waals surface area contributed by atoms with Crippen molar-refractivity contribution in [3.05, 3.63) is 144 Å². The van der Waals surface area contributed by atoms with E-state index in [1.165, 1.54) is 0 Å². The van der Waals surface area contributed by atoms with Crippen LogP contribution < -0.4 is 0 Å². The van der Waals surface area contributed by atoms with E-state index in [1.54, 1.807) is 12.1 Å². The van der Waals surface area contributed by atoms with Crippen molar-refractivity contribution in [2.45, 2.75) is 5.41 Å². The number of phenols is 2. The summed E-state index contributed by atoms with van der Waals surface area (Å²) in [5.74, 6) is 0.401. The number of phenolic OH excluding ortho intramolecular Hbond substituents is 2. The van der Waals surface area contributed by atoms with Crippen LogP contribution >= 0.6 is 0 Å². The number of hydrogen-bond acceptors (Lipinski definition) is 2. The van der Waals surface area contributed by atoms with Gasteiger partial charge in [-0.05, 0) is 45.5 Å². The zero-order valence-corrected chi connectivity index (χ0v) is 17.9. The van der Waals surface area contributed by atoms with Crippen LogP contribution in [0.15, 0.2) is 121 Å². The van der Waals surface area contributed by atoms with Gasteiger partial charge in [-0.3, -0.25) is 0 Å². The fraction of sp³-hybridized carbons (Fsp3) is 0.0323. The van der Waals surface area contributed by atoms with Gasteiger partial charge in [-0.25, -0.2) is 0 Å². The molecule has 0 spiro atoms. The molecule has 33 heavy (non-hydrogen) atoms. The van der Waals surface area contributed by atoms with Gasteiger partial charge in [0.15, 0.2) is 0 Å². The molecule has 1 aliphatic carbocycles. The fourth-order valence-corrected chi connectivity index (χ4v) is 5.50. The van der Waals surface area contributed by atoms with Gasteiger partial charge in [0, 0.05) is 11.1 Å². The zero-order valence-electron chi connectivity index (χ0n) is 17.9. The molecule has 0 radical (unpaired) electrons. The second kappa shape index (κ2) is 7.39. The summed E-state index contributed by atoms with van der Waals surface area (Å²) < 4.78 is 0. The Balaban J connectivity index is 1.86. The van der Waals surface area contributed by atoms with E-state index in [0.717, 1.165) is 44.5 Å². The Morgan fingerprint density at radius 2 is 0.879 bits per heavy atom. The Kier molecular flexibility index (Phi) is 4.34. The van der Waals surface area contributed by atoms with Crippen LogP contribution in [0.2, 0.25) is 0 Å². The highest BCUT2D eigenvalue weighted by atomic mass is 16.3. The lowest BCUT2D eigenvalue weighted by Crippen LogP contribution is -2.29. The van der Waals surface area contributed by atoms with Gasteiger partial charge in [-0.15, -0.1) is 0 Å². The van der Waals surface area contributed by atoms with Crippen LogP contribution in [-0.4, -0.2) is 10.2 Å². The standard InChI is InChI=1S/C31H22O2/c32-28-19-8-6-17-26(28)31(27-18-7-9-20-29(27)33)25-16-5-4-13-23(25)24-15-10-14-22(30(24)31)21-11-2-1-3-12-21/h1-20,32-33H. The molecule has 5 aromatic rings. The monoisotopic (exact) mass is 426 g/mol. The van der Waals surface area contributed by atoms with Gasteiger partial charge in [0.25, 0.3) is 0 Å². The van der Waals surface area contributed by atoms with E-state index in [2.05, 4.69) is 42.5 Å². The fourth-order valence-electron chi connectivity index (χ4n) is 5.50. The first-order valence-electron chi connectivity index (χ1n) is 11.1. The van der Waals surface area contributed by atoms with Crippen LogP contribution in [0.25, 0.3) is 22.3 Å². The molecule has 0 bridgehead atoms. The largest absolute Gasteiger partial charge is 0.508 e. The molecule has 0 amide bonds. The summed E-state index contributed by atoms with van der Waals surface area (Å²) in [6.45, 7) is 0.